The molecule has 3 atom stereocenters. The molecule has 1 saturated heterocycles. The topological polar surface area (TPSA) is 74.6 Å². The highest BCUT2D eigenvalue weighted by Gasteiger charge is 2.42. The Morgan fingerprint density at radius 3 is 2.59 bits per heavy atom. The van der Waals surface area contributed by atoms with Gasteiger partial charge in [0.1, 0.15) is 6.61 Å². The van der Waals surface area contributed by atoms with Crippen molar-refractivity contribution in [3.63, 3.8) is 0 Å². The van der Waals surface area contributed by atoms with Crippen LogP contribution < -0.4 is 14.8 Å². The minimum Gasteiger partial charge on any atom is -0.493 e. The van der Waals surface area contributed by atoms with Crippen molar-refractivity contribution in [2.75, 3.05) is 12.4 Å². The van der Waals surface area contributed by atoms with E-state index in [0.29, 0.717) is 27.9 Å². The first-order valence-electron chi connectivity index (χ1n) is 13.4. The van der Waals surface area contributed by atoms with Crippen molar-refractivity contribution in [3.05, 3.63) is 94.4 Å². The van der Waals surface area contributed by atoms with Gasteiger partial charge in [0.05, 0.1) is 23.6 Å². The van der Waals surface area contributed by atoms with Crippen LogP contribution in [0.3, 0.4) is 0 Å². The zero-order valence-corrected chi connectivity index (χ0v) is 23.1. The molecule has 3 aromatic rings. The average molecular weight is 540 g/mol. The highest BCUT2D eigenvalue weighted by Crippen LogP contribution is 2.42. The molecule has 1 saturated carbocycles. The lowest BCUT2D eigenvalue weighted by Gasteiger charge is -2.39. The molecule has 1 heterocycles. The van der Waals surface area contributed by atoms with E-state index in [4.69, 9.17) is 9.47 Å². The fourth-order valence-corrected chi connectivity index (χ4v) is 6.53. The van der Waals surface area contributed by atoms with Gasteiger partial charge in [-0.05, 0) is 60.7 Å². The number of nitrogens with zero attached hydrogens (tertiary/aromatic N) is 2. The number of para-hydroxylation sites is 1. The van der Waals surface area contributed by atoms with Gasteiger partial charge in [-0.25, -0.2) is 0 Å². The van der Waals surface area contributed by atoms with Gasteiger partial charge in [-0.15, -0.1) is 0 Å². The zero-order chi connectivity index (χ0) is 27.2. The van der Waals surface area contributed by atoms with Gasteiger partial charge >= 0.3 is 0 Å². The van der Waals surface area contributed by atoms with Gasteiger partial charge in [-0.1, -0.05) is 74.0 Å². The zero-order valence-electron chi connectivity index (χ0n) is 22.3. The van der Waals surface area contributed by atoms with E-state index >= 15 is 0 Å². The molecular weight excluding hydrogens is 506 g/mol. The lowest BCUT2D eigenvalue weighted by atomic mass is 9.85. The Kier molecular flexibility index (Phi) is 8.43. The van der Waals surface area contributed by atoms with E-state index in [1.54, 1.807) is 24.9 Å². The molecule has 0 bridgehead atoms. The predicted molar refractivity (Wildman–Crippen MR) is 156 cm³/mol. The number of methoxy groups -OCH3 is 1. The van der Waals surface area contributed by atoms with Crippen LogP contribution in [-0.4, -0.2) is 29.5 Å². The minimum absolute atomic E-state index is 0.0691. The summed E-state index contributed by atoms with van der Waals surface area (Å²) in [6, 6.07) is 25.5. The molecule has 0 aromatic heterocycles. The van der Waals surface area contributed by atoms with Gasteiger partial charge in [0.25, 0.3) is 5.91 Å². The second-order valence-corrected chi connectivity index (χ2v) is 11.1. The molecule has 1 aliphatic heterocycles. The molecule has 1 amide bonds. The van der Waals surface area contributed by atoms with Gasteiger partial charge in [0.2, 0.25) is 0 Å². The molecule has 200 valence electrons. The number of anilines is 1. The first-order chi connectivity index (χ1) is 19.1. The molecule has 39 heavy (non-hydrogen) atoms. The van der Waals surface area contributed by atoms with Crippen LogP contribution in [0.5, 0.6) is 11.5 Å². The van der Waals surface area contributed by atoms with Crippen LogP contribution in [0.15, 0.2) is 77.7 Å². The standard InChI is InChI=1S/C32H33N3O3S/c1-22-10-6-9-15-27(22)35-31(36)30(39-32(35)34-26-13-4-3-5-14-26)19-23-16-17-28(29(18-23)37-2)38-21-25-12-8-7-11-24(25)20-33/h3-5,7-8,11-14,16-19,22,27,32,34H,6,9-10,15,21H2,1-2H3/b30-19-/t22-,27-,32?/m1/s1. The third-order valence-corrected chi connectivity index (χ3v) is 8.55. The summed E-state index contributed by atoms with van der Waals surface area (Å²) in [4.78, 5) is 16.6. The Morgan fingerprint density at radius 2 is 1.82 bits per heavy atom. The van der Waals surface area contributed by atoms with Crippen molar-refractivity contribution < 1.29 is 14.3 Å². The van der Waals surface area contributed by atoms with Gasteiger partial charge in [-0.3, -0.25) is 4.79 Å². The number of rotatable bonds is 8. The molecule has 0 spiro atoms. The number of carbonyl (C=O) groups is 1. The molecule has 7 heteroatoms. The van der Waals surface area contributed by atoms with E-state index in [1.165, 1.54) is 6.42 Å². The Hall–Kier alpha value is -3.89. The Morgan fingerprint density at radius 1 is 1.05 bits per heavy atom. The summed E-state index contributed by atoms with van der Waals surface area (Å²) < 4.78 is 11.6. The van der Waals surface area contributed by atoms with Gasteiger partial charge in [0, 0.05) is 17.3 Å². The van der Waals surface area contributed by atoms with E-state index in [-0.39, 0.29) is 24.1 Å². The molecule has 2 fully saturated rings. The van der Waals surface area contributed by atoms with Crippen LogP contribution in [-0.2, 0) is 11.4 Å². The molecule has 3 aromatic carbocycles. The maximum absolute atomic E-state index is 13.8. The summed E-state index contributed by atoms with van der Waals surface area (Å²) in [6.45, 7) is 2.53. The number of hydrogen-bond acceptors (Lipinski definition) is 6. The number of nitrogens with one attached hydrogen (secondary N) is 1. The Bertz CT molecular complexity index is 1380. The summed E-state index contributed by atoms with van der Waals surface area (Å²) in [5.74, 6) is 1.69. The van der Waals surface area contributed by atoms with E-state index in [1.807, 2.05) is 72.8 Å². The number of hydrogen-bond donors (Lipinski definition) is 1. The molecular formula is C32H33N3O3S. The summed E-state index contributed by atoms with van der Waals surface area (Å²) in [6.07, 6.45) is 6.49. The number of benzene rings is 3. The Balaban J connectivity index is 1.38. The highest BCUT2D eigenvalue weighted by molar-refractivity contribution is 8.05. The van der Waals surface area contributed by atoms with Crippen LogP contribution in [0.1, 0.15) is 49.3 Å². The van der Waals surface area contributed by atoms with E-state index in [2.05, 4.69) is 23.2 Å². The lowest BCUT2D eigenvalue weighted by molar-refractivity contribution is -0.129. The van der Waals surface area contributed by atoms with Crippen LogP contribution in [0.25, 0.3) is 6.08 Å². The quantitative estimate of drug-likeness (QED) is 0.310. The highest BCUT2D eigenvalue weighted by atomic mass is 32.2. The number of thioether (sulfide) groups is 1. The largest absolute Gasteiger partial charge is 0.493 e. The lowest BCUT2D eigenvalue weighted by Crippen LogP contribution is -2.48. The third-order valence-electron chi connectivity index (χ3n) is 7.43. The molecule has 0 radical (unpaired) electrons. The smallest absolute Gasteiger partial charge is 0.262 e. The SMILES string of the molecule is COc1cc(/C=C2\SC(Nc3ccccc3)N([C@@H]3CCCC[C@H]3C)C2=O)ccc1OCc1ccccc1C#N. The van der Waals surface area contributed by atoms with Crippen molar-refractivity contribution in [2.45, 2.75) is 50.8 Å². The summed E-state index contributed by atoms with van der Waals surface area (Å²) in [5, 5.41) is 12.9. The van der Waals surface area contributed by atoms with Crippen molar-refractivity contribution in [1.82, 2.24) is 4.90 Å². The van der Waals surface area contributed by atoms with E-state index in [9.17, 15) is 10.1 Å². The van der Waals surface area contributed by atoms with E-state index in [0.717, 1.165) is 36.1 Å². The first kappa shape index (κ1) is 26.7. The van der Waals surface area contributed by atoms with Crippen molar-refractivity contribution in [3.8, 4) is 17.6 Å². The maximum Gasteiger partial charge on any atom is 0.262 e. The van der Waals surface area contributed by atoms with Crippen LogP contribution in [0.2, 0.25) is 0 Å². The fourth-order valence-electron chi connectivity index (χ4n) is 5.32. The molecule has 5 rings (SSSR count). The first-order valence-corrected chi connectivity index (χ1v) is 14.3. The molecule has 1 N–H and O–H groups in total. The number of nitriles is 1. The van der Waals surface area contributed by atoms with Crippen LogP contribution >= 0.6 is 11.8 Å². The minimum atomic E-state index is -0.165. The van der Waals surface area contributed by atoms with Crippen molar-refractivity contribution >= 4 is 29.4 Å². The van der Waals surface area contributed by atoms with Crippen molar-refractivity contribution in [2.24, 2.45) is 5.92 Å². The predicted octanol–water partition coefficient (Wildman–Crippen LogP) is 7.04. The van der Waals surface area contributed by atoms with E-state index < -0.39 is 0 Å². The summed E-state index contributed by atoms with van der Waals surface area (Å²) in [5.41, 5.74) is 3.10. The van der Waals surface area contributed by atoms with Crippen LogP contribution in [0, 0.1) is 17.2 Å². The molecule has 1 aliphatic carbocycles. The number of ether oxygens (including phenoxy) is 2. The maximum atomic E-state index is 13.8. The van der Waals surface area contributed by atoms with Crippen LogP contribution in [0.4, 0.5) is 5.69 Å². The van der Waals surface area contributed by atoms with Crippen molar-refractivity contribution in [1.29, 1.82) is 5.26 Å². The molecule has 1 unspecified atom stereocenters. The van der Waals surface area contributed by atoms with Gasteiger partial charge < -0.3 is 19.7 Å². The second kappa shape index (κ2) is 12.3. The third kappa shape index (κ3) is 6.07. The summed E-state index contributed by atoms with van der Waals surface area (Å²) in [7, 11) is 1.60. The Labute approximate surface area is 234 Å². The van der Waals surface area contributed by atoms with Gasteiger partial charge in [-0.2, -0.15) is 5.26 Å². The molecule has 6 nitrogen and oxygen atoms in total. The fraction of sp³-hybridized carbons (Fsp3) is 0.312. The normalized spacial score (nSPS) is 22.0. The average Bonchev–Trinajstić information content (AvgIpc) is 3.26. The summed E-state index contributed by atoms with van der Waals surface area (Å²) >= 11 is 1.57. The van der Waals surface area contributed by atoms with Gasteiger partial charge in [0.15, 0.2) is 17.0 Å². The second-order valence-electron chi connectivity index (χ2n) is 10.00. The number of carbonyl (C=O) groups excluding carboxylic acids is 1. The monoisotopic (exact) mass is 539 g/mol. The number of amides is 1. The molecule has 2 aliphatic rings.